The van der Waals surface area contributed by atoms with E-state index in [9.17, 15) is 4.39 Å². The minimum atomic E-state index is -0.208. The predicted octanol–water partition coefficient (Wildman–Crippen LogP) is 1.28. The molecule has 0 radical (unpaired) electrons. The summed E-state index contributed by atoms with van der Waals surface area (Å²) in [6.07, 6.45) is 2.35. The van der Waals surface area contributed by atoms with Crippen LogP contribution in [-0.2, 0) is 0 Å². The highest BCUT2D eigenvalue weighted by Gasteiger charge is 2.26. The lowest BCUT2D eigenvalue weighted by molar-refractivity contribution is 0.131. The van der Waals surface area contributed by atoms with Crippen LogP contribution in [-0.4, -0.2) is 44.3 Å². The summed E-state index contributed by atoms with van der Waals surface area (Å²) in [5, 5.41) is 3.35. The topological polar surface area (TPSA) is 15.3 Å². The number of likely N-dealkylation sites (tertiary alicyclic amines) is 1. The first-order chi connectivity index (χ1) is 6.31. The van der Waals surface area contributed by atoms with Gasteiger partial charge in [-0.25, -0.2) is 4.39 Å². The van der Waals surface area contributed by atoms with Gasteiger partial charge in [0.15, 0.2) is 0 Å². The Morgan fingerprint density at radius 1 is 1.54 bits per heavy atom. The van der Waals surface area contributed by atoms with E-state index in [0.29, 0.717) is 18.5 Å². The number of alkyl halides is 1. The van der Waals surface area contributed by atoms with Crippen molar-refractivity contribution >= 4 is 0 Å². The normalized spacial score (nSPS) is 30.7. The van der Waals surface area contributed by atoms with Crippen LogP contribution >= 0.6 is 0 Å². The monoisotopic (exact) mass is 188 g/mol. The molecule has 78 valence electrons. The second-order valence-electron chi connectivity index (χ2n) is 3.84. The first-order valence-electron chi connectivity index (χ1n) is 5.27. The van der Waals surface area contributed by atoms with Gasteiger partial charge in [-0.1, -0.05) is 13.3 Å². The molecule has 2 atom stereocenters. The van der Waals surface area contributed by atoms with Crippen LogP contribution in [0, 0.1) is 5.92 Å². The minimum Gasteiger partial charge on any atom is -0.317 e. The van der Waals surface area contributed by atoms with Crippen LogP contribution in [0.5, 0.6) is 0 Å². The van der Waals surface area contributed by atoms with Crippen LogP contribution in [0.2, 0.25) is 0 Å². The second-order valence-corrected chi connectivity index (χ2v) is 3.84. The second kappa shape index (κ2) is 5.55. The molecule has 0 bridgehead atoms. The van der Waals surface area contributed by atoms with Crippen LogP contribution in [0.25, 0.3) is 0 Å². The zero-order valence-corrected chi connectivity index (χ0v) is 8.72. The lowest BCUT2D eigenvalue weighted by Crippen LogP contribution is -2.48. The van der Waals surface area contributed by atoms with E-state index >= 15 is 0 Å². The molecule has 1 aliphatic heterocycles. The van der Waals surface area contributed by atoms with Crippen LogP contribution in [0.15, 0.2) is 0 Å². The summed E-state index contributed by atoms with van der Waals surface area (Å²) in [6, 6.07) is 0.640. The summed E-state index contributed by atoms with van der Waals surface area (Å²) in [7, 11) is 2.03. The van der Waals surface area contributed by atoms with E-state index in [1.165, 1.54) is 6.42 Å². The van der Waals surface area contributed by atoms with Gasteiger partial charge in [-0.2, -0.15) is 0 Å². The molecule has 1 fully saturated rings. The third-order valence-electron chi connectivity index (χ3n) is 3.11. The Morgan fingerprint density at radius 2 is 2.31 bits per heavy atom. The Morgan fingerprint density at radius 3 is 2.85 bits per heavy atom. The third kappa shape index (κ3) is 2.92. The number of halogens is 1. The van der Waals surface area contributed by atoms with E-state index in [4.69, 9.17) is 0 Å². The molecular formula is C10H21FN2. The summed E-state index contributed by atoms with van der Waals surface area (Å²) < 4.78 is 12.1. The smallest absolute Gasteiger partial charge is 0.102 e. The van der Waals surface area contributed by atoms with Crippen molar-refractivity contribution in [3.8, 4) is 0 Å². The van der Waals surface area contributed by atoms with E-state index in [2.05, 4.69) is 17.1 Å². The highest BCUT2D eigenvalue weighted by molar-refractivity contribution is 4.83. The van der Waals surface area contributed by atoms with Crippen molar-refractivity contribution < 1.29 is 4.39 Å². The summed E-state index contributed by atoms with van der Waals surface area (Å²) in [5.41, 5.74) is 0. The molecule has 0 amide bonds. The zero-order chi connectivity index (χ0) is 9.68. The zero-order valence-electron chi connectivity index (χ0n) is 8.72. The van der Waals surface area contributed by atoms with Gasteiger partial charge in [0.2, 0.25) is 0 Å². The fraction of sp³-hybridized carbons (Fsp3) is 1.00. The molecule has 0 aliphatic carbocycles. The highest BCUT2D eigenvalue weighted by Crippen LogP contribution is 2.19. The lowest BCUT2D eigenvalue weighted by Gasteiger charge is -2.37. The molecule has 0 aromatic carbocycles. The van der Waals surface area contributed by atoms with Crippen LogP contribution in [0.3, 0.4) is 0 Å². The SMILES string of the molecule is CCC1CN(CCF)CCC1NC. The lowest BCUT2D eigenvalue weighted by atomic mass is 9.90. The summed E-state index contributed by atoms with van der Waals surface area (Å²) in [4.78, 5) is 2.24. The van der Waals surface area contributed by atoms with Gasteiger partial charge in [0.05, 0.1) is 0 Å². The van der Waals surface area contributed by atoms with E-state index in [1.54, 1.807) is 0 Å². The standard InChI is InChI=1S/C10H21FN2/c1-3-9-8-13(7-5-11)6-4-10(9)12-2/h9-10,12H,3-8H2,1-2H3. The van der Waals surface area contributed by atoms with Crippen molar-refractivity contribution in [3.63, 3.8) is 0 Å². The van der Waals surface area contributed by atoms with Crippen molar-refractivity contribution in [1.82, 2.24) is 10.2 Å². The molecule has 2 nitrogen and oxygen atoms in total. The predicted molar refractivity (Wildman–Crippen MR) is 53.7 cm³/mol. The molecule has 1 heterocycles. The molecule has 1 N–H and O–H groups in total. The maximum atomic E-state index is 12.1. The summed E-state index contributed by atoms with van der Waals surface area (Å²) in [5.74, 6) is 0.699. The first-order valence-corrected chi connectivity index (χ1v) is 5.27. The maximum Gasteiger partial charge on any atom is 0.102 e. The average molecular weight is 188 g/mol. The molecule has 0 aromatic rings. The van der Waals surface area contributed by atoms with E-state index in [1.807, 2.05) is 7.05 Å². The Balaban J connectivity index is 2.38. The minimum absolute atomic E-state index is 0.208. The number of hydrogen-bond acceptors (Lipinski definition) is 2. The van der Waals surface area contributed by atoms with Crippen molar-refractivity contribution in [2.75, 3.05) is 33.4 Å². The van der Waals surface area contributed by atoms with Crippen LogP contribution in [0.1, 0.15) is 19.8 Å². The highest BCUT2D eigenvalue weighted by atomic mass is 19.1. The van der Waals surface area contributed by atoms with Crippen LogP contribution < -0.4 is 5.32 Å². The number of piperidine rings is 1. The third-order valence-corrected chi connectivity index (χ3v) is 3.11. The maximum absolute atomic E-state index is 12.1. The molecule has 1 saturated heterocycles. The molecule has 0 aromatic heterocycles. The van der Waals surface area contributed by atoms with Gasteiger partial charge in [-0.3, -0.25) is 0 Å². The van der Waals surface area contributed by atoms with Gasteiger partial charge in [-0.15, -0.1) is 0 Å². The molecule has 13 heavy (non-hydrogen) atoms. The van der Waals surface area contributed by atoms with Crippen molar-refractivity contribution in [2.24, 2.45) is 5.92 Å². The molecule has 1 aliphatic rings. The van der Waals surface area contributed by atoms with Crippen molar-refractivity contribution in [2.45, 2.75) is 25.8 Å². The van der Waals surface area contributed by atoms with E-state index in [0.717, 1.165) is 19.5 Å². The molecule has 0 saturated carbocycles. The Labute approximate surface area is 80.5 Å². The summed E-state index contributed by atoms with van der Waals surface area (Å²) in [6.45, 7) is 4.74. The Bertz CT molecular complexity index is 141. The fourth-order valence-electron chi connectivity index (χ4n) is 2.22. The molecule has 1 rings (SSSR count). The molecule has 2 unspecified atom stereocenters. The van der Waals surface area contributed by atoms with Gasteiger partial charge in [0, 0.05) is 19.1 Å². The molecular weight excluding hydrogens is 167 g/mol. The number of hydrogen-bond donors (Lipinski definition) is 1. The Kier molecular flexibility index (Phi) is 4.67. The van der Waals surface area contributed by atoms with Gasteiger partial charge >= 0.3 is 0 Å². The van der Waals surface area contributed by atoms with Crippen molar-refractivity contribution in [3.05, 3.63) is 0 Å². The van der Waals surface area contributed by atoms with Gasteiger partial charge in [-0.05, 0) is 25.9 Å². The first kappa shape index (κ1) is 10.9. The average Bonchev–Trinajstić information content (AvgIpc) is 2.18. The molecule has 0 spiro atoms. The molecule has 3 heteroatoms. The van der Waals surface area contributed by atoms with Gasteiger partial charge < -0.3 is 10.2 Å². The number of nitrogens with zero attached hydrogens (tertiary/aromatic N) is 1. The van der Waals surface area contributed by atoms with E-state index < -0.39 is 0 Å². The largest absolute Gasteiger partial charge is 0.317 e. The fourth-order valence-corrected chi connectivity index (χ4v) is 2.22. The number of rotatable bonds is 4. The van der Waals surface area contributed by atoms with Gasteiger partial charge in [0.1, 0.15) is 6.67 Å². The van der Waals surface area contributed by atoms with E-state index in [-0.39, 0.29) is 6.67 Å². The van der Waals surface area contributed by atoms with Crippen LogP contribution in [0.4, 0.5) is 4.39 Å². The van der Waals surface area contributed by atoms with Crippen molar-refractivity contribution in [1.29, 1.82) is 0 Å². The van der Waals surface area contributed by atoms with Gasteiger partial charge in [0.25, 0.3) is 0 Å². The quantitative estimate of drug-likeness (QED) is 0.715. The number of nitrogens with one attached hydrogen (secondary N) is 1. The Hall–Kier alpha value is -0.150. The summed E-state index contributed by atoms with van der Waals surface area (Å²) >= 11 is 0.